The molecule has 1 aromatic rings. The second kappa shape index (κ2) is 5.97. The molecule has 0 amide bonds. The van der Waals surface area contributed by atoms with Gasteiger partial charge in [0, 0.05) is 19.1 Å². The molecule has 2 aliphatic rings. The van der Waals surface area contributed by atoms with E-state index in [9.17, 15) is 8.42 Å². The predicted molar refractivity (Wildman–Crippen MR) is 86.1 cm³/mol. The Bertz CT molecular complexity index is 596. The second-order valence-corrected chi connectivity index (χ2v) is 8.47. The van der Waals surface area contributed by atoms with Gasteiger partial charge in [-0.2, -0.15) is 0 Å². The highest BCUT2D eigenvalue weighted by atomic mass is 32.2. The first-order valence-electron chi connectivity index (χ1n) is 7.92. The highest BCUT2D eigenvalue weighted by Gasteiger charge is 2.32. The van der Waals surface area contributed by atoms with E-state index >= 15 is 0 Å². The van der Waals surface area contributed by atoms with Gasteiger partial charge < -0.3 is 5.32 Å². The van der Waals surface area contributed by atoms with Gasteiger partial charge in [-0.1, -0.05) is 18.2 Å². The van der Waals surface area contributed by atoms with Gasteiger partial charge in [0.15, 0.2) is 0 Å². The maximum atomic E-state index is 12.9. The number of benzene rings is 1. The molecule has 1 unspecified atom stereocenters. The summed E-state index contributed by atoms with van der Waals surface area (Å²) >= 11 is 0. The zero-order valence-corrected chi connectivity index (χ0v) is 13.4. The van der Waals surface area contributed by atoms with Crippen LogP contribution in [0, 0.1) is 0 Å². The number of rotatable bonds is 5. The summed E-state index contributed by atoms with van der Waals surface area (Å²) in [4.78, 5) is 0. The quantitative estimate of drug-likeness (QED) is 0.908. The topological polar surface area (TPSA) is 49.4 Å². The molecule has 0 radical (unpaired) electrons. The summed E-state index contributed by atoms with van der Waals surface area (Å²) in [6.45, 7) is 2.97. The molecular formula is C16H24N2O2S. The number of nitrogens with one attached hydrogen (secondary N) is 1. The molecule has 3 rings (SSSR count). The molecule has 1 N–H and O–H groups in total. The molecule has 116 valence electrons. The lowest BCUT2D eigenvalue weighted by molar-refractivity contribution is 0.565. The third-order valence-electron chi connectivity index (χ3n) is 4.40. The monoisotopic (exact) mass is 308 g/mol. The number of hydrogen-bond donors (Lipinski definition) is 1. The minimum atomic E-state index is -3.30. The Labute approximate surface area is 127 Å². The molecule has 5 heteroatoms. The molecule has 1 saturated carbocycles. The minimum Gasteiger partial charge on any atom is -0.313 e. The van der Waals surface area contributed by atoms with Crippen LogP contribution in [0.1, 0.15) is 38.2 Å². The van der Waals surface area contributed by atoms with Crippen LogP contribution in [0.5, 0.6) is 0 Å². The zero-order chi connectivity index (χ0) is 14.9. The minimum absolute atomic E-state index is 0.385. The maximum Gasteiger partial charge on any atom is 0.239 e. The number of nitrogens with zero attached hydrogens (tertiary/aromatic N) is 1. The molecule has 1 aliphatic heterocycles. The van der Waals surface area contributed by atoms with Crippen molar-refractivity contribution >= 4 is 15.7 Å². The van der Waals surface area contributed by atoms with E-state index < -0.39 is 10.0 Å². The number of para-hydroxylation sites is 1. The van der Waals surface area contributed by atoms with Gasteiger partial charge in [0.1, 0.15) is 0 Å². The summed E-state index contributed by atoms with van der Waals surface area (Å²) in [6, 6.07) is 8.46. The van der Waals surface area contributed by atoms with Crippen LogP contribution in [0.25, 0.3) is 0 Å². The van der Waals surface area contributed by atoms with Gasteiger partial charge in [0.25, 0.3) is 0 Å². The Morgan fingerprint density at radius 3 is 2.81 bits per heavy atom. The molecule has 0 aromatic heterocycles. The Hall–Kier alpha value is -1.07. The molecule has 21 heavy (non-hydrogen) atoms. The van der Waals surface area contributed by atoms with E-state index in [0.29, 0.717) is 19.1 Å². The zero-order valence-electron chi connectivity index (χ0n) is 12.6. The number of anilines is 1. The molecule has 1 atom stereocenters. The first-order chi connectivity index (χ1) is 10.1. The van der Waals surface area contributed by atoms with Gasteiger partial charge >= 0.3 is 0 Å². The van der Waals surface area contributed by atoms with Gasteiger partial charge in [-0.15, -0.1) is 0 Å². The summed E-state index contributed by atoms with van der Waals surface area (Å²) in [5, 5.41) is 2.95. The standard InChI is InChI=1S/C16H24N2O2S/c1-13(12-17-15-9-10-15)21(19,20)18-11-5-4-7-14-6-2-3-8-16(14)18/h2-3,6,8,13,15,17H,4-5,7,9-12H2,1H3. The molecular weight excluding hydrogens is 284 g/mol. The van der Waals surface area contributed by atoms with Crippen molar-refractivity contribution in [2.24, 2.45) is 0 Å². The highest BCUT2D eigenvalue weighted by Crippen LogP contribution is 2.30. The average molecular weight is 308 g/mol. The van der Waals surface area contributed by atoms with Crippen molar-refractivity contribution in [3.8, 4) is 0 Å². The number of sulfonamides is 1. The summed E-state index contributed by atoms with van der Waals surface area (Å²) in [5.74, 6) is 0. The maximum absolute atomic E-state index is 12.9. The third kappa shape index (κ3) is 3.24. The SMILES string of the molecule is CC(CNC1CC1)S(=O)(=O)N1CCCCc2ccccc21. The van der Waals surface area contributed by atoms with Gasteiger partial charge in [-0.3, -0.25) is 4.31 Å². The Morgan fingerprint density at radius 2 is 2.05 bits per heavy atom. The van der Waals surface area contributed by atoms with E-state index in [1.165, 1.54) is 12.8 Å². The van der Waals surface area contributed by atoms with E-state index in [2.05, 4.69) is 11.4 Å². The van der Waals surface area contributed by atoms with Crippen molar-refractivity contribution in [3.05, 3.63) is 29.8 Å². The van der Waals surface area contributed by atoms with Gasteiger partial charge in [-0.05, 0) is 50.7 Å². The molecule has 1 aliphatic carbocycles. The van der Waals surface area contributed by atoms with Crippen LogP contribution < -0.4 is 9.62 Å². The summed E-state index contributed by atoms with van der Waals surface area (Å²) in [5.41, 5.74) is 2.04. The van der Waals surface area contributed by atoms with Crippen LogP contribution in [0.15, 0.2) is 24.3 Å². The van der Waals surface area contributed by atoms with Crippen LogP contribution in [0.2, 0.25) is 0 Å². The Morgan fingerprint density at radius 1 is 1.29 bits per heavy atom. The van der Waals surface area contributed by atoms with E-state index in [0.717, 1.165) is 30.5 Å². The van der Waals surface area contributed by atoms with Crippen LogP contribution in [-0.2, 0) is 16.4 Å². The molecule has 1 aromatic carbocycles. The van der Waals surface area contributed by atoms with Gasteiger partial charge in [0.05, 0.1) is 10.9 Å². The lowest BCUT2D eigenvalue weighted by atomic mass is 10.1. The van der Waals surface area contributed by atoms with Crippen LogP contribution in [0.4, 0.5) is 5.69 Å². The van der Waals surface area contributed by atoms with Crippen molar-refractivity contribution in [2.75, 3.05) is 17.4 Å². The number of hydrogen-bond acceptors (Lipinski definition) is 3. The van der Waals surface area contributed by atoms with E-state index in [-0.39, 0.29) is 5.25 Å². The second-order valence-electron chi connectivity index (χ2n) is 6.20. The predicted octanol–water partition coefficient (Wildman–Crippen LogP) is 2.30. The lowest BCUT2D eigenvalue weighted by Crippen LogP contribution is -2.43. The number of aryl methyl sites for hydroxylation is 1. The normalized spacial score (nSPS) is 20.7. The molecule has 0 bridgehead atoms. The van der Waals surface area contributed by atoms with Gasteiger partial charge in [0.2, 0.25) is 10.0 Å². The Kier molecular flexibility index (Phi) is 4.22. The van der Waals surface area contributed by atoms with Crippen LogP contribution >= 0.6 is 0 Å². The summed E-state index contributed by atoms with van der Waals surface area (Å²) in [7, 11) is -3.30. The fourth-order valence-electron chi connectivity index (χ4n) is 2.86. The first kappa shape index (κ1) is 14.9. The van der Waals surface area contributed by atoms with Crippen molar-refractivity contribution in [1.29, 1.82) is 0 Å². The lowest BCUT2D eigenvalue weighted by Gasteiger charge is -2.28. The molecule has 0 saturated heterocycles. The fourth-order valence-corrected chi connectivity index (χ4v) is 4.44. The molecule has 1 fully saturated rings. The van der Waals surface area contributed by atoms with E-state index in [4.69, 9.17) is 0 Å². The van der Waals surface area contributed by atoms with Crippen molar-refractivity contribution in [3.63, 3.8) is 0 Å². The van der Waals surface area contributed by atoms with E-state index in [1.54, 1.807) is 4.31 Å². The largest absolute Gasteiger partial charge is 0.313 e. The van der Waals surface area contributed by atoms with Crippen LogP contribution in [-0.4, -0.2) is 32.8 Å². The third-order valence-corrected chi connectivity index (χ3v) is 6.58. The smallest absolute Gasteiger partial charge is 0.239 e. The summed E-state index contributed by atoms with van der Waals surface area (Å²) in [6.07, 6.45) is 5.31. The molecule has 1 heterocycles. The van der Waals surface area contributed by atoms with Gasteiger partial charge in [-0.25, -0.2) is 8.42 Å². The molecule has 4 nitrogen and oxygen atoms in total. The van der Waals surface area contributed by atoms with Crippen molar-refractivity contribution in [1.82, 2.24) is 5.32 Å². The summed E-state index contributed by atoms with van der Waals surface area (Å²) < 4.78 is 27.5. The average Bonchev–Trinajstić information content (AvgIpc) is 3.30. The van der Waals surface area contributed by atoms with Crippen LogP contribution in [0.3, 0.4) is 0 Å². The van der Waals surface area contributed by atoms with E-state index in [1.807, 2.05) is 25.1 Å². The fraction of sp³-hybridized carbons (Fsp3) is 0.625. The van der Waals surface area contributed by atoms with Crippen molar-refractivity contribution < 1.29 is 8.42 Å². The number of fused-ring (bicyclic) bond motifs is 1. The van der Waals surface area contributed by atoms with Crippen molar-refractivity contribution in [2.45, 2.75) is 50.3 Å². The first-order valence-corrected chi connectivity index (χ1v) is 9.42. The Balaban J connectivity index is 1.83. The molecule has 0 spiro atoms. The highest BCUT2D eigenvalue weighted by molar-refractivity contribution is 7.93.